The first-order valence-corrected chi connectivity index (χ1v) is 6.76. The predicted molar refractivity (Wildman–Crippen MR) is 73.0 cm³/mol. The van der Waals surface area contributed by atoms with Crippen molar-refractivity contribution in [3.63, 3.8) is 0 Å². The molecule has 0 saturated carbocycles. The summed E-state index contributed by atoms with van der Waals surface area (Å²) >= 11 is 0. The van der Waals surface area contributed by atoms with Crippen LogP contribution in [0.5, 0.6) is 0 Å². The summed E-state index contributed by atoms with van der Waals surface area (Å²) in [5.41, 5.74) is -1.42. The van der Waals surface area contributed by atoms with Crippen molar-refractivity contribution in [3.8, 4) is 0 Å². The molecule has 0 unspecified atom stereocenters. The Hall–Kier alpha value is -2.51. The maximum Gasteiger partial charge on any atom is 0.416 e. The molecule has 1 atom stereocenters. The summed E-state index contributed by atoms with van der Waals surface area (Å²) in [5, 5.41) is 0. The molecule has 2 aromatic rings. The normalized spacial score (nSPS) is 20.0. The second-order valence-corrected chi connectivity index (χ2v) is 5.30. The van der Waals surface area contributed by atoms with Crippen LogP contribution in [0.1, 0.15) is 17.2 Å². The lowest BCUT2D eigenvalue weighted by Gasteiger charge is -2.46. The first-order valence-electron chi connectivity index (χ1n) is 6.76. The quantitative estimate of drug-likeness (QED) is 0.577. The van der Waals surface area contributed by atoms with E-state index in [1.807, 2.05) is 0 Å². The summed E-state index contributed by atoms with van der Waals surface area (Å²) < 4.78 is 79.2. The molecular formula is C16H9F6NO. The van der Waals surface area contributed by atoms with Crippen molar-refractivity contribution >= 4 is 11.6 Å². The Morgan fingerprint density at radius 3 is 2.21 bits per heavy atom. The molecule has 126 valence electrons. The van der Waals surface area contributed by atoms with Crippen LogP contribution in [-0.2, 0) is 11.0 Å². The SMILES string of the molecule is O=C1N(c2cccc(C(F)(F)F)c2)[C@@H](c2ccc(F)cc2)C1(F)F. The molecule has 24 heavy (non-hydrogen) atoms. The number of rotatable bonds is 2. The van der Waals surface area contributed by atoms with Gasteiger partial charge in [0.15, 0.2) is 0 Å². The van der Waals surface area contributed by atoms with E-state index in [4.69, 9.17) is 0 Å². The number of hydrogen-bond donors (Lipinski definition) is 0. The highest BCUT2D eigenvalue weighted by Gasteiger charge is 2.64. The molecule has 0 N–H and O–H groups in total. The Balaban J connectivity index is 2.03. The number of carbonyl (C=O) groups excluding carboxylic acids is 1. The van der Waals surface area contributed by atoms with E-state index in [9.17, 15) is 31.1 Å². The van der Waals surface area contributed by atoms with Crippen LogP contribution in [0.2, 0.25) is 0 Å². The van der Waals surface area contributed by atoms with E-state index >= 15 is 0 Å². The highest BCUT2D eigenvalue weighted by atomic mass is 19.4. The van der Waals surface area contributed by atoms with Gasteiger partial charge in [0.1, 0.15) is 11.9 Å². The molecule has 8 heteroatoms. The minimum absolute atomic E-state index is 0.0709. The highest BCUT2D eigenvalue weighted by Crippen LogP contribution is 2.50. The van der Waals surface area contributed by atoms with Crippen molar-refractivity contribution < 1.29 is 31.1 Å². The summed E-state index contributed by atoms with van der Waals surface area (Å²) in [6, 6.07) is 5.82. The summed E-state index contributed by atoms with van der Waals surface area (Å²) in [5.74, 6) is -6.03. The molecule has 1 fully saturated rings. The first kappa shape index (κ1) is 16.4. The van der Waals surface area contributed by atoms with Crippen molar-refractivity contribution in [1.82, 2.24) is 0 Å². The summed E-state index contributed by atoms with van der Waals surface area (Å²) in [6.07, 6.45) is -4.67. The van der Waals surface area contributed by atoms with E-state index in [0.717, 1.165) is 42.5 Å². The molecule has 0 aromatic heterocycles. The monoisotopic (exact) mass is 345 g/mol. The highest BCUT2D eigenvalue weighted by molar-refractivity contribution is 6.07. The fraction of sp³-hybridized carbons (Fsp3) is 0.188. The minimum atomic E-state index is -4.67. The van der Waals surface area contributed by atoms with E-state index in [1.165, 1.54) is 0 Å². The zero-order valence-corrected chi connectivity index (χ0v) is 11.8. The number of β-lactam (4-membered cyclic amide) rings is 1. The van der Waals surface area contributed by atoms with Gasteiger partial charge in [-0.15, -0.1) is 0 Å². The standard InChI is InChI=1S/C16H9F6NO/c17-11-6-4-9(5-7-11)13-15(18,19)14(24)23(13)12-3-1-2-10(8-12)16(20,21)22/h1-8,13H/t13-/m0/s1. The number of alkyl halides is 5. The summed E-state index contributed by atoms with van der Waals surface area (Å²) in [7, 11) is 0. The number of benzene rings is 2. The Morgan fingerprint density at radius 2 is 1.62 bits per heavy atom. The maximum atomic E-state index is 13.9. The molecule has 0 bridgehead atoms. The van der Waals surface area contributed by atoms with Crippen LogP contribution in [0.25, 0.3) is 0 Å². The Labute approximate surface area is 132 Å². The summed E-state index contributed by atoms with van der Waals surface area (Å²) in [6.45, 7) is 0. The molecule has 0 aliphatic carbocycles. The molecule has 1 aliphatic heterocycles. The molecule has 3 rings (SSSR count). The van der Waals surface area contributed by atoms with Crippen LogP contribution in [0, 0.1) is 5.82 Å². The number of halogens is 6. The van der Waals surface area contributed by atoms with Crippen molar-refractivity contribution in [1.29, 1.82) is 0 Å². The number of anilines is 1. The molecule has 1 aliphatic rings. The van der Waals surface area contributed by atoms with Crippen LogP contribution in [-0.4, -0.2) is 11.8 Å². The summed E-state index contributed by atoms with van der Waals surface area (Å²) in [4.78, 5) is 12.3. The average molecular weight is 345 g/mol. The lowest BCUT2D eigenvalue weighted by atomic mass is 9.88. The van der Waals surface area contributed by atoms with Gasteiger partial charge in [0.25, 0.3) is 0 Å². The molecule has 1 amide bonds. The van der Waals surface area contributed by atoms with Gasteiger partial charge in [-0.3, -0.25) is 9.69 Å². The van der Waals surface area contributed by atoms with E-state index in [0.29, 0.717) is 11.0 Å². The zero-order chi connectivity index (χ0) is 17.7. The second-order valence-electron chi connectivity index (χ2n) is 5.30. The van der Waals surface area contributed by atoms with Gasteiger partial charge in [-0.1, -0.05) is 18.2 Å². The van der Waals surface area contributed by atoms with Gasteiger partial charge >= 0.3 is 18.0 Å². The van der Waals surface area contributed by atoms with Crippen molar-refractivity contribution in [2.45, 2.75) is 18.1 Å². The Kier molecular flexibility index (Phi) is 3.58. The van der Waals surface area contributed by atoms with Gasteiger partial charge in [0.2, 0.25) is 0 Å². The molecule has 1 heterocycles. The van der Waals surface area contributed by atoms with Crippen LogP contribution in [0.15, 0.2) is 48.5 Å². The molecule has 1 saturated heterocycles. The predicted octanol–water partition coefficient (Wildman–Crippen LogP) is 4.57. The smallest absolute Gasteiger partial charge is 0.293 e. The number of hydrogen-bond acceptors (Lipinski definition) is 1. The van der Waals surface area contributed by atoms with Gasteiger partial charge < -0.3 is 0 Å². The van der Waals surface area contributed by atoms with Crippen LogP contribution < -0.4 is 4.90 Å². The fourth-order valence-corrected chi connectivity index (χ4v) is 2.59. The third-order valence-electron chi connectivity index (χ3n) is 3.74. The maximum absolute atomic E-state index is 13.9. The van der Waals surface area contributed by atoms with Crippen LogP contribution in [0.4, 0.5) is 32.0 Å². The van der Waals surface area contributed by atoms with Crippen molar-refractivity contribution in [2.75, 3.05) is 4.90 Å². The largest absolute Gasteiger partial charge is 0.416 e. The third kappa shape index (κ3) is 2.51. The zero-order valence-electron chi connectivity index (χ0n) is 11.8. The molecule has 0 spiro atoms. The van der Waals surface area contributed by atoms with E-state index in [1.54, 1.807) is 0 Å². The van der Waals surface area contributed by atoms with Gasteiger partial charge in [0.05, 0.1) is 5.56 Å². The Bertz CT molecular complexity index is 784. The van der Waals surface area contributed by atoms with Gasteiger partial charge in [-0.05, 0) is 35.9 Å². The number of nitrogens with zero attached hydrogens (tertiary/aromatic N) is 1. The minimum Gasteiger partial charge on any atom is -0.293 e. The Morgan fingerprint density at radius 1 is 1.00 bits per heavy atom. The topological polar surface area (TPSA) is 20.3 Å². The molecule has 0 radical (unpaired) electrons. The molecule has 2 aromatic carbocycles. The molecule has 2 nitrogen and oxygen atoms in total. The van der Waals surface area contributed by atoms with E-state index < -0.39 is 35.4 Å². The van der Waals surface area contributed by atoms with Gasteiger partial charge in [0, 0.05) is 5.69 Å². The molecular weight excluding hydrogens is 336 g/mol. The number of carbonyl (C=O) groups is 1. The van der Waals surface area contributed by atoms with Crippen LogP contribution >= 0.6 is 0 Å². The average Bonchev–Trinajstić information content (AvgIpc) is 2.52. The second kappa shape index (κ2) is 5.25. The lowest BCUT2D eigenvalue weighted by molar-refractivity contribution is -0.162. The van der Waals surface area contributed by atoms with Crippen molar-refractivity contribution in [2.24, 2.45) is 0 Å². The van der Waals surface area contributed by atoms with Crippen LogP contribution in [0.3, 0.4) is 0 Å². The lowest BCUT2D eigenvalue weighted by Crippen LogP contribution is -2.64. The number of amides is 1. The van der Waals surface area contributed by atoms with Crippen molar-refractivity contribution in [3.05, 3.63) is 65.5 Å². The first-order chi connectivity index (χ1) is 11.1. The van der Waals surface area contributed by atoms with Gasteiger partial charge in [-0.25, -0.2) is 4.39 Å². The third-order valence-corrected chi connectivity index (χ3v) is 3.74. The fourth-order valence-electron chi connectivity index (χ4n) is 2.59. The van der Waals surface area contributed by atoms with E-state index in [2.05, 4.69) is 0 Å². The van der Waals surface area contributed by atoms with E-state index in [-0.39, 0.29) is 11.3 Å². The van der Waals surface area contributed by atoms with Gasteiger partial charge in [-0.2, -0.15) is 22.0 Å².